The fourth-order valence-corrected chi connectivity index (χ4v) is 7.90. The third kappa shape index (κ3) is 2.83. The third-order valence-corrected chi connectivity index (χ3v) is 9.69. The van der Waals surface area contributed by atoms with Gasteiger partial charge in [-0.15, -0.1) is 23.7 Å². The fourth-order valence-electron chi connectivity index (χ4n) is 7.28. The molecule has 0 radical (unpaired) electrons. The molecular formula is C25H29ClN2O4S. The Hall–Kier alpha value is -1.80. The summed E-state index contributed by atoms with van der Waals surface area (Å²) in [5.74, 6) is 1.34. The molecule has 176 valence electrons. The van der Waals surface area contributed by atoms with Crippen molar-refractivity contribution in [3.63, 3.8) is 0 Å². The molecule has 3 N–H and O–H groups in total. The van der Waals surface area contributed by atoms with E-state index in [1.165, 1.54) is 29.7 Å². The number of phenolic OH excluding ortho intramolecular Hbond substituents is 1. The molecule has 0 unspecified atom stereocenters. The van der Waals surface area contributed by atoms with E-state index in [1.54, 1.807) is 6.07 Å². The average molecular weight is 489 g/mol. The van der Waals surface area contributed by atoms with Gasteiger partial charge < -0.3 is 20.3 Å². The highest BCUT2D eigenvalue weighted by Gasteiger charge is 2.73. The zero-order chi connectivity index (χ0) is 21.7. The van der Waals surface area contributed by atoms with Gasteiger partial charge in [0.05, 0.1) is 21.9 Å². The maximum absolute atomic E-state index is 12.9. The van der Waals surface area contributed by atoms with Crippen molar-refractivity contribution in [2.75, 3.05) is 13.1 Å². The van der Waals surface area contributed by atoms with E-state index in [2.05, 4.69) is 10.2 Å². The molecule has 8 heteroatoms. The molecule has 2 aliphatic heterocycles. The Bertz CT molecular complexity index is 1110. The van der Waals surface area contributed by atoms with Crippen LogP contribution in [0.4, 0.5) is 0 Å². The highest BCUT2D eigenvalue weighted by atomic mass is 35.5. The summed E-state index contributed by atoms with van der Waals surface area (Å²) in [6.45, 7) is 1.98. The van der Waals surface area contributed by atoms with Crippen LogP contribution >= 0.6 is 23.7 Å². The van der Waals surface area contributed by atoms with Crippen molar-refractivity contribution in [3.05, 3.63) is 45.6 Å². The lowest BCUT2D eigenvalue weighted by molar-refractivity contribution is -0.191. The van der Waals surface area contributed by atoms with Gasteiger partial charge in [0.15, 0.2) is 11.5 Å². The number of amides is 1. The van der Waals surface area contributed by atoms with Crippen molar-refractivity contribution in [1.29, 1.82) is 0 Å². The molecule has 2 saturated carbocycles. The lowest BCUT2D eigenvalue weighted by atomic mass is 9.48. The first-order valence-corrected chi connectivity index (χ1v) is 12.7. The van der Waals surface area contributed by atoms with Gasteiger partial charge in [0.2, 0.25) is 0 Å². The molecule has 33 heavy (non-hydrogen) atoms. The van der Waals surface area contributed by atoms with Crippen molar-refractivity contribution >= 4 is 29.7 Å². The molecule has 6 nitrogen and oxygen atoms in total. The minimum absolute atomic E-state index is 0. The molecule has 5 aliphatic rings. The number of halogens is 1. The van der Waals surface area contributed by atoms with Gasteiger partial charge in [-0.3, -0.25) is 9.69 Å². The zero-order valence-corrected chi connectivity index (χ0v) is 20.0. The molecule has 2 bridgehead atoms. The van der Waals surface area contributed by atoms with E-state index < -0.39 is 11.0 Å². The number of nitrogens with zero attached hydrogens (tertiary/aromatic N) is 1. The Labute approximate surface area is 203 Å². The minimum atomic E-state index is -0.916. The maximum Gasteiger partial charge on any atom is 0.261 e. The lowest BCUT2D eigenvalue weighted by Gasteiger charge is -2.64. The second kappa shape index (κ2) is 7.35. The predicted molar refractivity (Wildman–Crippen MR) is 128 cm³/mol. The summed E-state index contributed by atoms with van der Waals surface area (Å²) in [5.41, 5.74) is 0.676. The largest absolute Gasteiger partial charge is 0.504 e. The quantitative estimate of drug-likeness (QED) is 0.615. The molecule has 2 aromatic rings. The molecule has 3 heterocycles. The van der Waals surface area contributed by atoms with Gasteiger partial charge in [-0.2, -0.15) is 0 Å². The normalized spacial score (nSPS) is 35.8. The Morgan fingerprint density at radius 1 is 1.24 bits per heavy atom. The first-order valence-electron chi connectivity index (χ1n) is 11.8. The monoisotopic (exact) mass is 488 g/mol. The van der Waals surface area contributed by atoms with Crippen LogP contribution in [0.2, 0.25) is 0 Å². The lowest BCUT2D eigenvalue weighted by Crippen LogP contribution is -2.78. The smallest absolute Gasteiger partial charge is 0.261 e. The molecule has 3 fully saturated rings. The molecule has 1 aromatic carbocycles. The van der Waals surface area contributed by atoms with Gasteiger partial charge >= 0.3 is 0 Å². The third-order valence-electron chi connectivity index (χ3n) is 8.82. The number of hydrogen-bond acceptors (Lipinski definition) is 6. The van der Waals surface area contributed by atoms with Crippen LogP contribution < -0.4 is 10.1 Å². The highest BCUT2D eigenvalue weighted by molar-refractivity contribution is 7.12. The van der Waals surface area contributed by atoms with E-state index in [0.717, 1.165) is 37.4 Å². The molecule has 5 atom stereocenters. The number of carbonyl (C=O) groups excluding carboxylic acids is 1. The second-order valence-electron chi connectivity index (χ2n) is 10.4. The Kier molecular flexibility index (Phi) is 4.83. The Balaban J connectivity index is 0.00000206. The average Bonchev–Trinajstić information content (AvgIpc) is 3.27. The van der Waals surface area contributed by atoms with Crippen molar-refractivity contribution in [3.8, 4) is 11.5 Å². The topological polar surface area (TPSA) is 82.0 Å². The van der Waals surface area contributed by atoms with Crippen LogP contribution in [-0.2, 0) is 11.8 Å². The summed E-state index contributed by atoms with van der Waals surface area (Å²) in [6.07, 6.45) is 5.08. The molecular weight excluding hydrogens is 460 g/mol. The van der Waals surface area contributed by atoms with Crippen LogP contribution in [0.1, 0.15) is 52.9 Å². The molecule has 1 spiro atoms. The number of hydrogen-bond donors (Lipinski definition) is 3. The standard InChI is InChI=1S/C25H28N2O4S.ClH/c28-17-6-5-15-12-19-25(30)8-7-16(26-23(29)18-2-1-11-32-18)22-24(25,20(15)21(17)31-22)9-10-27(19)13-14-3-4-14;/h1-2,5-6,11,14,16,19,22,28,30H,3-4,7-10,12-13H2,(H,26,29);1H/t16-,19+,22-,24-,25+;/m0./s1. The summed E-state index contributed by atoms with van der Waals surface area (Å²) in [4.78, 5) is 16.1. The van der Waals surface area contributed by atoms with Gasteiger partial charge in [-0.05, 0) is 74.1 Å². The van der Waals surface area contributed by atoms with Gasteiger partial charge in [-0.25, -0.2) is 0 Å². The van der Waals surface area contributed by atoms with E-state index >= 15 is 0 Å². The molecule has 1 saturated heterocycles. The number of aliphatic hydroxyl groups is 1. The SMILES string of the molecule is Cl.O=C(N[C@H]1CC[C@@]2(O)[C@H]3Cc4ccc(O)c5c4[C@@]2(CCN3CC2CC2)[C@H]1O5)c1cccs1. The van der Waals surface area contributed by atoms with Crippen molar-refractivity contribution < 1.29 is 19.7 Å². The number of carbonyl (C=O) groups is 1. The van der Waals surface area contributed by atoms with Crippen LogP contribution in [0.25, 0.3) is 0 Å². The number of thiophene rings is 1. The molecule has 1 aromatic heterocycles. The number of likely N-dealkylation sites (tertiary alicyclic amines) is 1. The molecule has 1 amide bonds. The summed E-state index contributed by atoms with van der Waals surface area (Å²) >= 11 is 1.43. The van der Waals surface area contributed by atoms with E-state index in [1.807, 2.05) is 23.6 Å². The number of rotatable bonds is 4. The highest BCUT2D eigenvalue weighted by Crippen LogP contribution is 2.65. The van der Waals surface area contributed by atoms with E-state index in [4.69, 9.17) is 4.74 Å². The number of nitrogens with one attached hydrogen (secondary N) is 1. The molecule has 7 rings (SSSR count). The number of piperidine rings is 1. The van der Waals surface area contributed by atoms with Crippen molar-refractivity contribution in [2.45, 2.75) is 67.7 Å². The van der Waals surface area contributed by atoms with Gasteiger partial charge in [0, 0.05) is 18.2 Å². The first-order chi connectivity index (χ1) is 15.5. The van der Waals surface area contributed by atoms with Crippen LogP contribution in [0, 0.1) is 5.92 Å². The number of benzene rings is 1. The van der Waals surface area contributed by atoms with Gasteiger partial charge in [0.25, 0.3) is 5.91 Å². The zero-order valence-electron chi connectivity index (χ0n) is 18.3. The number of ether oxygens (including phenoxy) is 1. The first kappa shape index (κ1) is 21.7. The maximum atomic E-state index is 12.9. The minimum Gasteiger partial charge on any atom is -0.504 e. The van der Waals surface area contributed by atoms with Crippen LogP contribution in [-0.4, -0.2) is 57.9 Å². The summed E-state index contributed by atoms with van der Waals surface area (Å²) < 4.78 is 6.49. The van der Waals surface area contributed by atoms with E-state index in [-0.39, 0.29) is 42.3 Å². The summed E-state index contributed by atoms with van der Waals surface area (Å²) in [5, 5.41) is 28.2. The Morgan fingerprint density at radius 3 is 2.85 bits per heavy atom. The van der Waals surface area contributed by atoms with Gasteiger partial charge in [0.1, 0.15) is 6.10 Å². The fraction of sp³-hybridized carbons (Fsp3) is 0.560. The Morgan fingerprint density at radius 2 is 2.09 bits per heavy atom. The summed E-state index contributed by atoms with van der Waals surface area (Å²) in [7, 11) is 0. The van der Waals surface area contributed by atoms with Crippen molar-refractivity contribution in [1.82, 2.24) is 10.2 Å². The van der Waals surface area contributed by atoms with Crippen LogP contribution in [0.5, 0.6) is 11.5 Å². The van der Waals surface area contributed by atoms with Gasteiger partial charge in [-0.1, -0.05) is 12.1 Å². The van der Waals surface area contributed by atoms with Crippen LogP contribution in [0.3, 0.4) is 0 Å². The second-order valence-corrected chi connectivity index (χ2v) is 11.3. The van der Waals surface area contributed by atoms with Crippen molar-refractivity contribution in [2.24, 2.45) is 5.92 Å². The van der Waals surface area contributed by atoms with E-state index in [0.29, 0.717) is 23.5 Å². The predicted octanol–water partition coefficient (Wildman–Crippen LogP) is 3.24. The summed E-state index contributed by atoms with van der Waals surface area (Å²) in [6, 6.07) is 7.30. The molecule has 3 aliphatic carbocycles. The number of aromatic hydroxyl groups is 1. The number of phenols is 1. The van der Waals surface area contributed by atoms with E-state index in [9.17, 15) is 15.0 Å². The van der Waals surface area contributed by atoms with Crippen LogP contribution in [0.15, 0.2) is 29.6 Å².